The molecule has 0 aliphatic rings. The molecule has 2 rings (SSSR count). The number of hydrogen-bond acceptors (Lipinski definition) is 3. The van der Waals surface area contributed by atoms with E-state index >= 15 is 0 Å². The quantitative estimate of drug-likeness (QED) is 0.830. The Bertz CT molecular complexity index is 465. The number of aliphatic hydroxyl groups is 1. The van der Waals surface area contributed by atoms with Crippen molar-refractivity contribution in [2.75, 3.05) is 19.8 Å². The highest BCUT2D eigenvalue weighted by Gasteiger charge is 1.97. The van der Waals surface area contributed by atoms with Gasteiger partial charge in [0.05, 0.1) is 13.2 Å². The third kappa shape index (κ3) is 4.64. The number of ether oxygens (including phenoxy) is 2. The predicted octanol–water partition coefficient (Wildman–Crippen LogP) is 2.68. The Hall–Kier alpha value is -2.00. The van der Waals surface area contributed by atoms with Crippen molar-refractivity contribution in [3.05, 3.63) is 60.2 Å². The lowest BCUT2D eigenvalue weighted by Crippen LogP contribution is -2.02. The molecular weight excluding hydrogens is 240 g/mol. The van der Waals surface area contributed by atoms with Crippen molar-refractivity contribution < 1.29 is 14.6 Å². The lowest BCUT2D eigenvalue weighted by Gasteiger charge is -2.08. The van der Waals surface area contributed by atoms with Crippen LogP contribution in [0.5, 0.6) is 11.5 Å². The molecule has 0 saturated heterocycles. The number of aliphatic hydroxyl groups excluding tert-OH is 1. The number of rotatable bonds is 7. The Balaban J connectivity index is 1.77. The van der Waals surface area contributed by atoms with E-state index in [9.17, 15) is 0 Å². The Morgan fingerprint density at radius 3 is 1.89 bits per heavy atom. The van der Waals surface area contributed by atoms with E-state index in [4.69, 9.17) is 14.6 Å². The summed E-state index contributed by atoms with van der Waals surface area (Å²) in [6.45, 7) is 0.990. The summed E-state index contributed by atoms with van der Waals surface area (Å²) in [5.74, 6) is 1.57. The van der Waals surface area contributed by atoms with Crippen LogP contribution in [0.1, 0.15) is 5.56 Å². The van der Waals surface area contributed by atoms with Crippen molar-refractivity contribution in [1.29, 1.82) is 0 Å². The van der Waals surface area contributed by atoms with Gasteiger partial charge in [-0.25, -0.2) is 0 Å². The topological polar surface area (TPSA) is 38.7 Å². The van der Waals surface area contributed by atoms with Gasteiger partial charge >= 0.3 is 0 Å². The number of benzene rings is 2. The molecule has 0 fully saturated rings. The molecule has 2 aromatic rings. The molecule has 0 unspecified atom stereocenters. The second kappa shape index (κ2) is 7.44. The Kier molecular flexibility index (Phi) is 5.26. The molecule has 2 aromatic carbocycles. The van der Waals surface area contributed by atoms with Crippen LogP contribution in [0.4, 0.5) is 0 Å². The van der Waals surface area contributed by atoms with Gasteiger partial charge in [0.2, 0.25) is 0 Å². The van der Waals surface area contributed by atoms with Crippen molar-refractivity contribution in [2.45, 2.75) is 6.42 Å². The molecule has 0 aliphatic heterocycles. The highest BCUT2D eigenvalue weighted by Crippen LogP contribution is 2.17. The highest BCUT2D eigenvalue weighted by molar-refractivity contribution is 5.31. The van der Waals surface area contributed by atoms with E-state index in [1.165, 1.54) is 5.56 Å². The van der Waals surface area contributed by atoms with E-state index in [2.05, 4.69) is 12.1 Å². The monoisotopic (exact) mass is 258 g/mol. The fourth-order valence-electron chi connectivity index (χ4n) is 1.73. The minimum absolute atomic E-state index is 0.0231. The van der Waals surface area contributed by atoms with Crippen LogP contribution >= 0.6 is 0 Å². The summed E-state index contributed by atoms with van der Waals surface area (Å²) in [5.41, 5.74) is 1.27. The van der Waals surface area contributed by atoms with E-state index in [1.54, 1.807) is 0 Å². The van der Waals surface area contributed by atoms with Crippen molar-refractivity contribution in [3.8, 4) is 11.5 Å². The SMILES string of the molecule is OCCOc1ccc(OCCc2ccccc2)cc1. The minimum atomic E-state index is 0.0231. The minimum Gasteiger partial charge on any atom is -0.493 e. The van der Waals surface area contributed by atoms with Crippen LogP contribution in [-0.4, -0.2) is 24.9 Å². The zero-order valence-electron chi connectivity index (χ0n) is 10.8. The summed E-state index contributed by atoms with van der Waals surface area (Å²) in [4.78, 5) is 0. The third-order valence-corrected chi connectivity index (χ3v) is 2.69. The molecule has 100 valence electrons. The van der Waals surface area contributed by atoms with Gasteiger partial charge in [0.1, 0.15) is 18.1 Å². The van der Waals surface area contributed by atoms with Crippen LogP contribution in [0.15, 0.2) is 54.6 Å². The molecular formula is C16H18O3. The van der Waals surface area contributed by atoms with Gasteiger partial charge in [-0.3, -0.25) is 0 Å². The van der Waals surface area contributed by atoms with Gasteiger partial charge < -0.3 is 14.6 Å². The van der Waals surface area contributed by atoms with Gasteiger partial charge in [0.25, 0.3) is 0 Å². The average Bonchev–Trinajstić information content (AvgIpc) is 2.47. The van der Waals surface area contributed by atoms with Gasteiger partial charge in [-0.1, -0.05) is 30.3 Å². The van der Waals surface area contributed by atoms with Crippen molar-refractivity contribution in [3.63, 3.8) is 0 Å². The second-order valence-corrected chi connectivity index (χ2v) is 4.13. The summed E-state index contributed by atoms with van der Waals surface area (Å²) in [6.07, 6.45) is 0.892. The van der Waals surface area contributed by atoms with Crippen molar-refractivity contribution in [1.82, 2.24) is 0 Å². The average molecular weight is 258 g/mol. The highest BCUT2D eigenvalue weighted by atomic mass is 16.5. The zero-order valence-corrected chi connectivity index (χ0v) is 10.8. The molecule has 0 spiro atoms. The van der Waals surface area contributed by atoms with E-state index in [-0.39, 0.29) is 6.61 Å². The first kappa shape index (κ1) is 13.4. The van der Waals surface area contributed by atoms with Crippen LogP contribution in [0.2, 0.25) is 0 Å². The first-order valence-electron chi connectivity index (χ1n) is 6.39. The molecule has 0 aromatic heterocycles. The van der Waals surface area contributed by atoms with Gasteiger partial charge in [0.15, 0.2) is 0 Å². The fraction of sp³-hybridized carbons (Fsp3) is 0.250. The molecule has 0 bridgehead atoms. The lowest BCUT2D eigenvalue weighted by atomic mass is 10.2. The summed E-state index contributed by atoms with van der Waals surface area (Å²) in [6, 6.07) is 17.7. The summed E-state index contributed by atoms with van der Waals surface area (Å²) >= 11 is 0. The lowest BCUT2D eigenvalue weighted by molar-refractivity contribution is 0.201. The van der Waals surface area contributed by atoms with Gasteiger partial charge in [-0.15, -0.1) is 0 Å². The second-order valence-electron chi connectivity index (χ2n) is 4.13. The van der Waals surface area contributed by atoms with Gasteiger partial charge in [0, 0.05) is 6.42 Å². The van der Waals surface area contributed by atoms with Gasteiger partial charge in [-0.05, 0) is 29.8 Å². The number of hydrogen-bond donors (Lipinski definition) is 1. The summed E-state index contributed by atoms with van der Waals surface area (Å²) in [7, 11) is 0. The van der Waals surface area contributed by atoms with E-state index < -0.39 is 0 Å². The third-order valence-electron chi connectivity index (χ3n) is 2.69. The Morgan fingerprint density at radius 1 is 0.737 bits per heavy atom. The molecule has 0 aliphatic carbocycles. The first-order chi connectivity index (χ1) is 9.38. The molecule has 1 N–H and O–H groups in total. The van der Waals surface area contributed by atoms with E-state index in [0.29, 0.717) is 13.2 Å². The maximum atomic E-state index is 8.66. The fourth-order valence-corrected chi connectivity index (χ4v) is 1.73. The maximum absolute atomic E-state index is 8.66. The zero-order chi connectivity index (χ0) is 13.3. The Labute approximate surface area is 113 Å². The summed E-state index contributed by atoms with van der Waals surface area (Å²) < 4.78 is 10.9. The molecule has 19 heavy (non-hydrogen) atoms. The standard InChI is InChI=1S/C16H18O3/c17-11-13-19-16-8-6-15(7-9-16)18-12-10-14-4-2-1-3-5-14/h1-9,17H,10-13H2. The van der Waals surface area contributed by atoms with Crippen LogP contribution in [0.3, 0.4) is 0 Å². The van der Waals surface area contributed by atoms with Crippen molar-refractivity contribution in [2.24, 2.45) is 0 Å². The predicted molar refractivity (Wildman–Crippen MR) is 74.7 cm³/mol. The van der Waals surface area contributed by atoms with Crippen LogP contribution in [0.25, 0.3) is 0 Å². The molecule has 0 radical (unpaired) electrons. The van der Waals surface area contributed by atoms with Crippen molar-refractivity contribution >= 4 is 0 Å². The molecule has 3 heteroatoms. The smallest absolute Gasteiger partial charge is 0.119 e. The maximum Gasteiger partial charge on any atom is 0.119 e. The Morgan fingerprint density at radius 2 is 1.32 bits per heavy atom. The molecule has 0 saturated carbocycles. The van der Waals surface area contributed by atoms with E-state index in [1.807, 2.05) is 42.5 Å². The molecule has 0 atom stereocenters. The van der Waals surface area contributed by atoms with Crippen LogP contribution < -0.4 is 9.47 Å². The normalized spacial score (nSPS) is 10.2. The van der Waals surface area contributed by atoms with Crippen LogP contribution in [-0.2, 0) is 6.42 Å². The molecule has 0 amide bonds. The van der Waals surface area contributed by atoms with Gasteiger partial charge in [-0.2, -0.15) is 0 Å². The van der Waals surface area contributed by atoms with Crippen LogP contribution in [0, 0.1) is 0 Å². The first-order valence-corrected chi connectivity index (χ1v) is 6.39. The largest absolute Gasteiger partial charge is 0.493 e. The molecule has 3 nitrogen and oxygen atoms in total. The van der Waals surface area contributed by atoms with E-state index in [0.717, 1.165) is 17.9 Å². The summed E-state index contributed by atoms with van der Waals surface area (Å²) in [5, 5.41) is 8.66. The molecule has 0 heterocycles.